The van der Waals surface area contributed by atoms with Crippen molar-refractivity contribution in [3.63, 3.8) is 0 Å². The number of quaternary nitrogens is 1. The van der Waals surface area contributed by atoms with Gasteiger partial charge in [0.1, 0.15) is 6.54 Å². The second-order valence-electron chi connectivity index (χ2n) is 6.00. The Balaban J connectivity index is 1.82. The number of rotatable bonds is 2. The zero-order valence-corrected chi connectivity index (χ0v) is 10.5. The second kappa shape index (κ2) is 4.11. The maximum Gasteiger partial charge on any atom is 0.105 e. The molecule has 92 valence electrons. The second-order valence-corrected chi connectivity index (χ2v) is 6.00. The summed E-state index contributed by atoms with van der Waals surface area (Å²) in [6, 6.07) is 12.1. The van der Waals surface area contributed by atoms with Gasteiger partial charge in [0.2, 0.25) is 0 Å². The monoisotopic (exact) mass is 232 g/mol. The molecule has 0 aromatic heterocycles. The van der Waals surface area contributed by atoms with Crippen molar-refractivity contribution < 1.29 is 9.59 Å². The van der Waals surface area contributed by atoms with Crippen LogP contribution in [0.5, 0.6) is 0 Å². The molecule has 2 heterocycles. The molecule has 0 aliphatic carbocycles. The Morgan fingerprint density at radius 1 is 1.12 bits per heavy atom. The summed E-state index contributed by atoms with van der Waals surface area (Å²) in [7, 11) is 2.39. The number of aliphatic hydroxyl groups excluding tert-OH is 1. The number of fused-ring (bicyclic) bond motifs is 2. The lowest BCUT2D eigenvalue weighted by Gasteiger charge is -2.46. The fourth-order valence-electron chi connectivity index (χ4n) is 3.95. The molecule has 2 atom stereocenters. The highest BCUT2D eigenvalue weighted by Gasteiger charge is 2.50. The Hall–Kier alpha value is -0.860. The van der Waals surface area contributed by atoms with E-state index in [1.807, 2.05) is 0 Å². The molecule has 3 rings (SSSR count). The molecule has 0 unspecified atom stereocenters. The van der Waals surface area contributed by atoms with E-state index in [0.29, 0.717) is 12.1 Å². The van der Waals surface area contributed by atoms with E-state index in [0.717, 1.165) is 23.9 Å². The molecule has 0 amide bonds. The Labute approximate surface area is 103 Å². The molecule has 0 spiro atoms. The van der Waals surface area contributed by atoms with Crippen LogP contribution in [0.15, 0.2) is 30.3 Å². The normalized spacial score (nSPS) is 40.5. The van der Waals surface area contributed by atoms with Gasteiger partial charge in [0.05, 0.1) is 25.2 Å². The third kappa shape index (κ3) is 1.90. The lowest BCUT2D eigenvalue weighted by atomic mass is 9.96. The molecule has 1 N–H and O–H groups in total. The van der Waals surface area contributed by atoms with Crippen LogP contribution in [0.2, 0.25) is 0 Å². The van der Waals surface area contributed by atoms with Crippen LogP contribution < -0.4 is 0 Å². The summed E-state index contributed by atoms with van der Waals surface area (Å²) in [4.78, 5) is 0. The van der Waals surface area contributed by atoms with Crippen LogP contribution in [0.25, 0.3) is 0 Å². The first-order chi connectivity index (χ1) is 8.18. The molecule has 2 fully saturated rings. The topological polar surface area (TPSA) is 20.2 Å². The van der Waals surface area contributed by atoms with E-state index in [1.54, 1.807) is 0 Å². The van der Waals surface area contributed by atoms with Gasteiger partial charge in [0.25, 0.3) is 0 Å². The smallest absolute Gasteiger partial charge is 0.105 e. The number of aliphatic hydroxyl groups is 1. The van der Waals surface area contributed by atoms with Crippen molar-refractivity contribution in [1.82, 2.24) is 0 Å². The number of hydrogen-bond acceptors (Lipinski definition) is 1. The molecular formula is C15H22NO+. The van der Waals surface area contributed by atoms with Gasteiger partial charge in [-0.3, -0.25) is 0 Å². The van der Waals surface area contributed by atoms with E-state index in [1.165, 1.54) is 18.4 Å². The van der Waals surface area contributed by atoms with Crippen LogP contribution >= 0.6 is 0 Å². The highest BCUT2D eigenvalue weighted by molar-refractivity contribution is 5.13. The Bertz CT molecular complexity index is 375. The first-order valence-corrected chi connectivity index (χ1v) is 6.75. The largest absolute Gasteiger partial charge is 0.393 e. The standard InChI is InChI=1S/C15H22NO/c1-16(11-12-5-3-2-4-6-12)13-7-8-14(16)10-15(17)9-13/h2-6,13-15,17H,7-11H2,1H3/q+1/t13-,14-,15?,16?/m0/s1. The third-order valence-corrected chi connectivity index (χ3v) is 4.96. The van der Waals surface area contributed by atoms with Gasteiger partial charge in [-0.25, -0.2) is 0 Å². The van der Waals surface area contributed by atoms with Crippen LogP contribution in [-0.2, 0) is 6.54 Å². The van der Waals surface area contributed by atoms with Crippen molar-refractivity contribution in [2.24, 2.45) is 0 Å². The minimum atomic E-state index is -0.0468. The fraction of sp³-hybridized carbons (Fsp3) is 0.600. The predicted molar refractivity (Wildman–Crippen MR) is 68.4 cm³/mol. The molecule has 17 heavy (non-hydrogen) atoms. The zero-order valence-electron chi connectivity index (χ0n) is 10.5. The van der Waals surface area contributed by atoms with Gasteiger partial charge in [-0.1, -0.05) is 30.3 Å². The van der Waals surface area contributed by atoms with Crippen molar-refractivity contribution in [1.29, 1.82) is 0 Å². The SMILES string of the molecule is C[N+]1(Cc2ccccc2)[C@H]2CC[C@H]1CC(O)C2. The molecule has 2 nitrogen and oxygen atoms in total. The Morgan fingerprint density at radius 2 is 1.71 bits per heavy atom. The van der Waals surface area contributed by atoms with E-state index in [9.17, 15) is 5.11 Å². The van der Waals surface area contributed by atoms with Crippen molar-refractivity contribution in [3.8, 4) is 0 Å². The summed E-state index contributed by atoms with van der Waals surface area (Å²) in [5.41, 5.74) is 1.43. The maximum atomic E-state index is 9.88. The van der Waals surface area contributed by atoms with Crippen LogP contribution in [0, 0.1) is 0 Å². The van der Waals surface area contributed by atoms with Crippen molar-refractivity contribution >= 4 is 0 Å². The molecule has 1 aromatic rings. The summed E-state index contributed by atoms with van der Waals surface area (Å²) in [6.07, 6.45) is 4.55. The summed E-state index contributed by atoms with van der Waals surface area (Å²) in [5, 5.41) is 9.88. The first-order valence-electron chi connectivity index (χ1n) is 6.75. The van der Waals surface area contributed by atoms with Gasteiger partial charge in [-0.2, -0.15) is 0 Å². The molecular weight excluding hydrogens is 210 g/mol. The molecule has 2 bridgehead atoms. The Morgan fingerprint density at radius 3 is 2.29 bits per heavy atom. The number of nitrogens with zero attached hydrogens (tertiary/aromatic N) is 1. The number of benzene rings is 1. The minimum Gasteiger partial charge on any atom is -0.393 e. The quantitative estimate of drug-likeness (QED) is 0.776. The highest BCUT2D eigenvalue weighted by atomic mass is 16.3. The van der Waals surface area contributed by atoms with Crippen LogP contribution in [0.1, 0.15) is 31.2 Å². The van der Waals surface area contributed by atoms with Gasteiger partial charge in [0.15, 0.2) is 0 Å². The van der Waals surface area contributed by atoms with Gasteiger partial charge >= 0.3 is 0 Å². The lowest BCUT2D eigenvalue weighted by molar-refractivity contribution is -0.961. The Kier molecular flexibility index (Phi) is 2.72. The molecule has 0 radical (unpaired) electrons. The van der Waals surface area contributed by atoms with Crippen molar-refractivity contribution in [3.05, 3.63) is 35.9 Å². The zero-order chi connectivity index (χ0) is 11.9. The number of piperidine rings is 1. The summed E-state index contributed by atoms with van der Waals surface area (Å²) >= 11 is 0. The maximum absolute atomic E-state index is 9.88. The third-order valence-electron chi connectivity index (χ3n) is 4.96. The van der Waals surface area contributed by atoms with E-state index < -0.39 is 0 Å². The molecule has 2 aliphatic rings. The van der Waals surface area contributed by atoms with E-state index in [2.05, 4.69) is 37.4 Å². The van der Waals surface area contributed by atoms with Gasteiger partial charge in [-0.15, -0.1) is 0 Å². The van der Waals surface area contributed by atoms with Crippen LogP contribution in [0.3, 0.4) is 0 Å². The van der Waals surface area contributed by atoms with Crippen LogP contribution in [0.4, 0.5) is 0 Å². The summed E-state index contributed by atoms with van der Waals surface area (Å²) in [6.45, 7) is 1.13. The molecule has 2 aliphatic heterocycles. The molecule has 2 saturated heterocycles. The van der Waals surface area contributed by atoms with Gasteiger partial charge in [-0.05, 0) is 0 Å². The molecule has 2 heteroatoms. The van der Waals surface area contributed by atoms with Crippen molar-refractivity contribution in [2.75, 3.05) is 7.05 Å². The first kappa shape index (κ1) is 11.2. The average Bonchev–Trinajstić information content (AvgIpc) is 2.52. The molecule has 1 aromatic carbocycles. The minimum absolute atomic E-state index is 0.0468. The highest BCUT2D eigenvalue weighted by Crippen LogP contribution is 2.42. The van der Waals surface area contributed by atoms with E-state index >= 15 is 0 Å². The lowest BCUT2D eigenvalue weighted by Crippen LogP contribution is -2.57. The van der Waals surface area contributed by atoms with Crippen LogP contribution in [-0.4, -0.2) is 34.8 Å². The molecule has 0 saturated carbocycles. The average molecular weight is 232 g/mol. The summed E-state index contributed by atoms with van der Waals surface area (Å²) < 4.78 is 1.15. The van der Waals surface area contributed by atoms with Gasteiger partial charge < -0.3 is 9.59 Å². The van der Waals surface area contributed by atoms with E-state index in [4.69, 9.17) is 0 Å². The van der Waals surface area contributed by atoms with Crippen molar-refractivity contribution in [2.45, 2.75) is 50.4 Å². The predicted octanol–water partition coefficient (Wildman–Crippen LogP) is 2.32. The van der Waals surface area contributed by atoms with E-state index in [-0.39, 0.29) is 6.10 Å². The van der Waals surface area contributed by atoms with Gasteiger partial charge in [0, 0.05) is 31.2 Å². The fourth-order valence-corrected chi connectivity index (χ4v) is 3.95. The summed E-state index contributed by atoms with van der Waals surface area (Å²) in [5.74, 6) is 0. The number of hydrogen-bond donors (Lipinski definition) is 1.